The number of benzene rings is 8. The predicted molar refractivity (Wildman–Crippen MR) is 295 cm³/mol. The Morgan fingerprint density at radius 2 is 0.783 bits per heavy atom. The van der Waals surface area contributed by atoms with Gasteiger partial charge < -0.3 is 60.6 Å². The van der Waals surface area contributed by atoms with Crippen LogP contribution in [-0.2, 0) is 59.2 Å². The quantitative estimate of drug-likeness (QED) is 0.0136. The van der Waals surface area contributed by atoms with Gasteiger partial charge in [0.1, 0.15) is 40.5 Å². The molecule has 6 amide bonds. The van der Waals surface area contributed by atoms with Gasteiger partial charge in [-0.05, 0) is 134 Å². The van der Waals surface area contributed by atoms with Gasteiger partial charge in [-0.3, -0.25) is 29.3 Å². The zero-order valence-electron chi connectivity index (χ0n) is 49.0. The van der Waals surface area contributed by atoms with Crippen LogP contribution in [0.25, 0.3) is 21.5 Å². The van der Waals surface area contributed by atoms with Gasteiger partial charge in [0.05, 0.1) is 55.0 Å². The second-order valence-corrected chi connectivity index (χ2v) is 24.7. The van der Waals surface area contributed by atoms with Gasteiger partial charge >= 0.3 is 183 Å². The molecule has 0 saturated carbocycles. The van der Waals surface area contributed by atoms with Crippen LogP contribution in [0.15, 0.2) is 163 Å². The van der Waals surface area contributed by atoms with Crippen LogP contribution in [0.4, 0.5) is 38.9 Å². The minimum Gasteiger partial charge on any atom is -0.744 e. The van der Waals surface area contributed by atoms with Crippen molar-refractivity contribution in [2.24, 2.45) is 0 Å². The number of carbonyl (C=O) groups is 5. The molecule has 0 unspecified atom stereocenters. The van der Waals surface area contributed by atoms with E-state index in [1.807, 2.05) is 0 Å². The molecular weight excluding hydrogens is 1390 g/mol. The summed E-state index contributed by atoms with van der Waals surface area (Å²) in [6, 6.07) is 24.7. The molecule has 0 spiro atoms. The molecule has 0 aliphatic carbocycles. The van der Waals surface area contributed by atoms with Crippen molar-refractivity contribution in [1.29, 1.82) is 0 Å². The molecule has 0 saturated heterocycles. The molecule has 0 aliphatic rings. The summed E-state index contributed by atoms with van der Waals surface area (Å²) in [4.78, 5) is 63.1. The van der Waals surface area contributed by atoms with E-state index in [2.05, 4.69) is 50.6 Å². The number of amides is 6. The standard InChI is InChI=1S/C51H40N6O23S6.6Na/c1-25-9-11-29(49(60)54-37-13-15-42(84(68,69)70)35-21-33(81-79-77-63)22-41(45(35)37)82-80-78-64)19-39(25)56-47(58)27-5-3-7-31(17-27)52-51(62)53-32-8-4-6-28(18-32)48(59)57-40-20-30(12-10-26(40)2)50(61)55-38-14-16-43(85(71,72)73)36-23-34(83(65,66)67)24-44(46(36)38)86(74,75)76;;;;;;/h3-24,63-64H,1-2H3,(H,54,60)(H,55,61)(H,56,58)(H,57,59)(H2,52,53,62)(H,65,66,67)(H,68,69,70)(H,71,72,73)(H,74,75,76);;;;;;/q;6*+1/p-6. The maximum Gasteiger partial charge on any atom is 1.00 e. The van der Waals surface area contributed by atoms with E-state index in [4.69, 9.17) is 0 Å². The number of urea groups is 1. The van der Waals surface area contributed by atoms with Crippen LogP contribution in [-0.4, -0.2) is 81.5 Å². The van der Waals surface area contributed by atoms with Gasteiger partial charge in [0.2, 0.25) is 0 Å². The molecule has 8 aromatic carbocycles. The summed E-state index contributed by atoms with van der Waals surface area (Å²) in [5.74, 6) is -3.31. The first kappa shape index (κ1) is 85.6. The van der Waals surface area contributed by atoms with Crippen molar-refractivity contribution in [3.05, 3.63) is 167 Å². The van der Waals surface area contributed by atoms with Crippen LogP contribution in [0.3, 0.4) is 0 Å². The van der Waals surface area contributed by atoms with E-state index < -0.39 is 106 Å². The third-order valence-corrected chi connectivity index (χ3v) is 16.8. The molecule has 0 bridgehead atoms. The van der Waals surface area contributed by atoms with Gasteiger partial charge in [-0.1, -0.05) is 24.3 Å². The molecule has 0 aromatic heterocycles. The third kappa shape index (κ3) is 21.8. The summed E-state index contributed by atoms with van der Waals surface area (Å²) in [6.07, 6.45) is 0. The van der Waals surface area contributed by atoms with Crippen LogP contribution in [0.5, 0.6) is 0 Å². The smallest absolute Gasteiger partial charge is 0.744 e. The Morgan fingerprint density at radius 3 is 1.20 bits per heavy atom. The summed E-state index contributed by atoms with van der Waals surface area (Å²) < 4.78 is 155. The van der Waals surface area contributed by atoms with Crippen molar-refractivity contribution >= 4 is 150 Å². The molecule has 8 aromatic rings. The summed E-state index contributed by atoms with van der Waals surface area (Å²) >= 11 is 0.578. The molecular formula is C51H34N6Na6O23S6. The topological polar surface area (TPSA) is 469 Å². The van der Waals surface area contributed by atoms with Gasteiger partial charge in [0, 0.05) is 76.3 Å². The molecule has 0 radical (unpaired) electrons. The second-order valence-electron chi connectivity index (χ2n) is 17.8. The zero-order valence-corrected chi connectivity index (χ0v) is 65.9. The Bertz CT molecular complexity index is 4640. The molecule has 41 heteroatoms. The molecule has 448 valence electrons. The van der Waals surface area contributed by atoms with E-state index >= 15 is 0 Å². The van der Waals surface area contributed by atoms with Crippen LogP contribution in [0.2, 0.25) is 0 Å². The summed E-state index contributed by atoms with van der Waals surface area (Å²) in [7, 11) is -22.0. The first-order chi connectivity index (χ1) is 40.4. The molecule has 0 fully saturated rings. The van der Waals surface area contributed by atoms with Crippen molar-refractivity contribution in [3.63, 3.8) is 0 Å². The summed E-state index contributed by atoms with van der Waals surface area (Å²) in [5.41, 5.74) is 0.393. The van der Waals surface area contributed by atoms with Gasteiger partial charge in [-0.15, -0.1) is 0 Å². The molecule has 6 N–H and O–H groups in total. The number of hydrogen-bond acceptors (Lipinski definition) is 25. The minimum absolute atomic E-state index is 0. The first-order valence-corrected chi connectivity index (χ1v) is 30.6. The number of anilines is 6. The van der Waals surface area contributed by atoms with Crippen molar-refractivity contribution < 1.29 is 282 Å². The van der Waals surface area contributed by atoms with Crippen LogP contribution in [0, 0.1) is 13.8 Å². The number of fused-ring (bicyclic) bond motifs is 2. The summed E-state index contributed by atoms with van der Waals surface area (Å²) in [6.45, 7) is 3.18. The first-order valence-electron chi connectivity index (χ1n) is 23.5. The second kappa shape index (κ2) is 36.4. The van der Waals surface area contributed by atoms with Crippen molar-refractivity contribution in [2.45, 2.75) is 43.2 Å². The Labute approximate surface area is 664 Å². The van der Waals surface area contributed by atoms with E-state index in [1.54, 1.807) is 13.8 Å². The molecule has 0 atom stereocenters. The maximum atomic E-state index is 13.8. The van der Waals surface area contributed by atoms with Gasteiger partial charge in [-0.2, -0.15) is 8.67 Å². The van der Waals surface area contributed by atoms with Gasteiger partial charge in [-0.25, -0.2) is 38.5 Å². The Kier molecular flexibility index (Phi) is 33.9. The maximum absolute atomic E-state index is 13.8. The Balaban J connectivity index is 0.00000480. The van der Waals surface area contributed by atoms with E-state index in [0.717, 1.165) is 24.3 Å². The van der Waals surface area contributed by atoms with E-state index in [0.29, 0.717) is 35.3 Å². The van der Waals surface area contributed by atoms with Gasteiger partial charge in [0.15, 0.2) is 0 Å². The van der Waals surface area contributed by atoms with E-state index in [9.17, 15) is 86.4 Å². The van der Waals surface area contributed by atoms with Crippen molar-refractivity contribution in [3.8, 4) is 0 Å². The normalized spacial score (nSPS) is 11.1. The Morgan fingerprint density at radius 1 is 0.391 bits per heavy atom. The van der Waals surface area contributed by atoms with E-state index in [-0.39, 0.29) is 267 Å². The average Bonchev–Trinajstić information content (AvgIpc) is 0.770. The molecule has 8 rings (SSSR count). The minimum atomic E-state index is -5.74. The largest absolute Gasteiger partial charge is 1.00 e. The molecule has 29 nitrogen and oxygen atoms in total. The average molecular weight is 1430 g/mol. The van der Waals surface area contributed by atoms with E-state index in [1.165, 1.54) is 91.0 Å². The fraction of sp³-hybridized carbons (Fsp3) is 0.0392. The SMILES string of the molecule is Cc1ccc(C(=O)Nc2ccc(S(=O)(=O)[O-])c3cc(SOO[O-])cc(SOO[O-])c23)cc1NC(=O)c1cccc(NC(=O)Nc2cccc(C(=O)Nc3cc(C(=O)Nc4ccc(S(=O)(=O)[O-])c5cc(S(=O)(=O)[O-])cc(S(=O)(=O)[O-])c45)ccc3C)c2)c1.[Na+].[Na+].[Na+].[Na+].[Na+].[Na+]. The Hall–Kier alpha value is -2.47. The third-order valence-electron chi connectivity index (χ3n) is 12.2. The monoisotopic (exact) mass is 1430 g/mol. The molecule has 92 heavy (non-hydrogen) atoms. The van der Waals surface area contributed by atoms with Crippen molar-refractivity contribution in [1.82, 2.24) is 0 Å². The van der Waals surface area contributed by atoms with Gasteiger partial charge in [0.25, 0.3) is 23.6 Å². The molecule has 0 aliphatic heterocycles. The summed E-state index contributed by atoms with van der Waals surface area (Å²) in [5, 5.41) is 41.1. The molecule has 0 heterocycles. The number of carbonyl (C=O) groups excluding carboxylic acids is 5. The number of aryl methyl sites for hydroxylation is 2. The number of hydrogen-bond donors (Lipinski definition) is 6. The fourth-order valence-corrected chi connectivity index (χ4v) is 12.1. The number of nitrogens with one attached hydrogen (secondary N) is 6. The van der Waals surface area contributed by atoms with Crippen LogP contribution < -0.4 is 220 Å². The predicted octanol–water partition coefficient (Wildman–Crippen LogP) is -12.6. The zero-order chi connectivity index (χ0) is 62.6. The number of rotatable bonds is 20. The van der Waals surface area contributed by atoms with Crippen LogP contribution in [0.1, 0.15) is 52.6 Å². The fourth-order valence-electron chi connectivity index (χ4n) is 8.34. The van der Waals surface area contributed by atoms with Crippen molar-refractivity contribution in [2.75, 3.05) is 31.9 Å². The van der Waals surface area contributed by atoms with Crippen LogP contribution >= 0.6 is 24.1 Å².